The van der Waals surface area contributed by atoms with E-state index in [4.69, 9.17) is 0 Å². The van der Waals surface area contributed by atoms with E-state index in [1.807, 2.05) is 32.0 Å². The van der Waals surface area contributed by atoms with Crippen LogP contribution < -0.4 is 10.6 Å². The third kappa shape index (κ3) is 4.29. The number of nitrogens with one attached hydrogen (secondary N) is 2. The standard InChI is InChI=1S/C18H21FN2O2/c1-11-5-4-6-16(12(11)2)21-18(23)20-13(3)17(22)14-7-9-15(19)10-8-14/h4-10,13,17,22H,1-3H3,(H2,20,21,23). The predicted octanol–water partition coefficient (Wildman–Crippen LogP) is 3.69. The highest BCUT2D eigenvalue weighted by molar-refractivity contribution is 5.90. The summed E-state index contributed by atoms with van der Waals surface area (Å²) in [7, 11) is 0. The van der Waals surface area contributed by atoms with E-state index in [1.54, 1.807) is 6.92 Å². The molecular formula is C18H21FN2O2. The van der Waals surface area contributed by atoms with Gasteiger partial charge in [0.15, 0.2) is 0 Å². The second kappa shape index (κ2) is 7.24. The molecule has 2 amide bonds. The first-order valence-electron chi connectivity index (χ1n) is 7.45. The summed E-state index contributed by atoms with van der Waals surface area (Å²) < 4.78 is 12.9. The fourth-order valence-electron chi connectivity index (χ4n) is 2.28. The maximum atomic E-state index is 12.9. The molecule has 0 aliphatic carbocycles. The van der Waals surface area contributed by atoms with Gasteiger partial charge in [-0.1, -0.05) is 24.3 Å². The number of rotatable bonds is 4. The highest BCUT2D eigenvalue weighted by Gasteiger charge is 2.18. The lowest BCUT2D eigenvalue weighted by Gasteiger charge is -2.21. The van der Waals surface area contributed by atoms with Gasteiger partial charge in [0.25, 0.3) is 0 Å². The van der Waals surface area contributed by atoms with Crippen LogP contribution in [-0.4, -0.2) is 17.2 Å². The summed E-state index contributed by atoms with van der Waals surface area (Å²) in [6, 6.07) is 10.3. The second-order valence-corrected chi connectivity index (χ2v) is 5.63. The Balaban J connectivity index is 1.99. The van der Waals surface area contributed by atoms with E-state index in [1.165, 1.54) is 24.3 Å². The van der Waals surface area contributed by atoms with E-state index >= 15 is 0 Å². The Hall–Kier alpha value is -2.40. The molecule has 0 bridgehead atoms. The van der Waals surface area contributed by atoms with Gasteiger partial charge >= 0.3 is 6.03 Å². The molecule has 23 heavy (non-hydrogen) atoms. The average molecular weight is 316 g/mol. The summed E-state index contributed by atoms with van der Waals surface area (Å²) in [4.78, 5) is 12.1. The van der Waals surface area contributed by atoms with Crippen LogP contribution in [0.15, 0.2) is 42.5 Å². The highest BCUT2D eigenvalue weighted by atomic mass is 19.1. The lowest BCUT2D eigenvalue weighted by atomic mass is 10.0. The molecule has 122 valence electrons. The fourth-order valence-corrected chi connectivity index (χ4v) is 2.28. The van der Waals surface area contributed by atoms with Crippen molar-refractivity contribution in [2.45, 2.75) is 32.9 Å². The number of benzene rings is 2. The Labute approximate surface area is 135 Å². The molecule has 0 spiro atoms. The monoisotopic (exact) mass is 316 g/mol. The van der Waals surface area contributed by atoms with Gasteiger partial charge in [-0.05, 0) is 55.7 Å². The SMILES string of the molecule is Cc1cccc(NC(=O)NC(C)C(O)c2ccc(F)cc2)c1C. The van der Waals surface area contributed by atoms with Crippen LogP contribution in [-0.2, 0) is 0 Å². The minimum absolute atomic E-state index is 0.366. The molecule has 3 N–H and O–H groups in total. The quantitative estimate of drug-likeness (QED) is 0.805. The van der Waals surface area contributed by atoms with Crippen LogP contribution in [0.25, 0.3) is 0 Å². The van der Waals surface area contributed by atoms with Crippen LogP contribution in [0.2, 0.25) is 0 Å². The molecule has 0 aliphatic rings. The molecule has 0 aliphatic heterocycles. The van der Waals surface area contributed by atoms with E-state index in [0.29, 0.717) is 5.56 Å². The number of hydrogen-bond acceptors (Lipinski definition) is 2. The Bertz CT molecular complexity index is 686. The average Bonchev–Trinajstić information content (AvgIpc) is 2.52. The summed E-state index contributed by atoms with van der Waals surface area (Å²) >= 11 is 0. The topological polar surface area (TPSA) is 61.4 Å². The van der Waals surface area contributed by atoms with Crippen LogP contribution in [0.4, 0.5) is 14.9 Å². The van der Waals surface area contributed by atoms with Crippen LogP contribution in [0, 0.1) is 19.7 Å². The van der Waals surface area contributed by atoms with Gasteiger partial charge in [-0.25, -0.2) is 9.18 Å². The minimum atomic E-state index is -0.917. The smallest absolute Gasteiger partial charge is 0.319 e. The lowest BCUT2D eigenvalue weighted by Crippen LogP contribution is -2.39. The summed E-state index contributed by atoms with van der Waals surface area (Å²) in [5.74, 6) is -0.366. The first-order valence-corrected chi connectivity index (χ1v) is 7.45. The maximum absolute atomic E-state index is 12.9. The van der Waals surface area contributed by atoms with Gasteiger partial charge in [0.1, 0.15) is 5.82 Å². The van der Waals surface area contributed by atoms with Gasteiger partial charge in [-0.15, -0.1) is 0 Å². The van der Waals surface area contributed by atoms with E-state index in [0.717, 1.165) is 16.8 Å². The first kappa shape index (κ1) is 17.0. The number of hydrogen-bond donors (Lipinski definition) is 3. The minimum Gasteiger partial charge on any atom is -0.386 e. The molecule has 0 fully saturated rings. The molecule has 2 rings (SSSR count). The highest BCUT2D eigenvalue weighted by Crippen LogP contribution is 2.19. The molecule has 0 radical (unpaired) electrons. The Kier molecular flexibility index (Phi) is 5.34. The zero-order chi connectivity index (χ0) is 17.0. The number of aliphatic hydroxyl groups is 1. The molecule has 2 aromatic carbocycles. The second-order valence-electron chi connectivity index (χ2n) is 5.63. The molecule has 4 nitrogen and oxygen atoms in total. The van der Waals surface area contributed by atoms with Gasteiger partial charge in [0.2, 0.25) is 0 Å². The first-order chi connectivity index (χ1) is 10.9. The van der Waals surface area contributed by atoms with Crippen molar-refractivity contribution in [1.82, 2.24) is 5.32 Å². The van der Waals surface area contributed by atoms with E-state index in [-0.39, 0.29) is 5.82 Å². The van der Waals surface area contributed by atoms with Crippen molar-refractivity contribution in [1.29, 1.82) is 0 Å². The van der Waals surface area contributed by atoms with Crippen molar-refractivity contribution in [3.05, 3.63) is 65.0 Å². The zero-order valence-electron chi connectivity index (χ0n) is 13.4. The van der Waals surface area contributed by atoms with Gasteiger partial charge in [-0.3, -0.25) is 0 Å². The van der Waals surface area contributed by atoms with E-state index in [9.17, 15) is 14.3 Å². The number of carbonyl (C=O) groups excluding carboxylic acids is 1. The van der Waals surface area contributed by atoms with Gasteiger partial charge < -0.3 is 15.7 Å². The molecule has 2 aromatic rings. The number of halogens is 1. The summed E-state index contributed by atoms with van der Waals surface area (Å²) in [5.41, 5.74) is 3.36. The van der Waals surface area contributed by atoms with Crippen LogP contribution in [0.3, 0.4) is 0 Å². The normalized spacial score (nSPS) is 13.3. The van der Waals surface area contributed by atoms with Crippen molar-refractivity contribution in [2.75, 3.05) is 5.32 Å². The predicted molar refractivity (Wildman–Crippen MR) is 88.9 cm³/mol. The van der Waals surface area contributed by atoms with Crippen molar-refractivity contribution in [3.63, 3.8) is 0 Å². The number of carbonyl (C=O) groups is 1. The molecule has 5 heteroatoms. The number of aryl methyl sites for hydroxylation is 1. The van der Waals surface area contributed by atoms with Crippen molar-refractivity contribution < 1.29 is 14.3 Å². The molecule has 0 heterocycles. The number of urea groups is 1. The molecular weight excluding hydrogens is 295 g/mol. The molecule has 0 aromatic heterocycles. The van der Waals surface area contributed by atoms with Gasteiger partial charge in [0.05, 0.1) is 12.1 Å². The van der Waals surface area contributed by atoms with Crippen LogP contribution in [0.5, 0.6) is 0 Å². The fraction of sp³-hybridized carbons (Fsp3) is 0.278. The third-order valence-electron chi connectivity index (χ3n) is 3.90. The summed E-state index contributed by atoms with van der Waals surface area (Å²) in [5, 5.41) is 15.7. The zero-order valence-corrected chi connectivity index (χ0v) is 13.4. The Morgan fingerprint density at radius 3 is 2.43 bits per heavy atom. The van der Waals surface area contributed by atoms with E-state index < -0.39 is 18.2 Å². The molecule has 0 saturated carbocycles. The van der Waals surface area contributed by atoms with Gasteiger partial charge in [0, 0.05) is 5.69 Å². The lowest BCUT2D eigenvalue weighted by molar-refractivity contribution is 0.139. The molecule has 2 unspecified atom stereocenters. The molecule has 2 atom stereocenters. The molecule has 0 saturated heterocycles. The maximum Gasteiger partial charge on any atom is 0.319 e. The summed E-state index contributed by atoms with van der Waals surface area (Å²) in [6.45, 7) is 5.60. The number of anilines is 1. The van der Waals surface area contributed by atoms with Gasteiger partial charge in [-0.2, -0.15) is 0 Å². The van der Waals surface area contributed by atoms with Crippen molar-refractivity contribution in [3.8, 4) is 0 Å². The van der Waals surface area contributed by atoms with Crippen molar-refractivity contribution >= 4 is 11.7 Å². The van der Waals surface area contributed by atoms with Crippen molar-refractivity contribution in [2.24, 2.45) is 0 Å². The van der Waals surface area contributed by atoms with Crippen LogP contribution in [0.1, 0.15) is 29.7 Å². The third-order valence-corrected chi connectivity index (χ3v) is 3.90. The van der Waals surface area contributed by atoms with Crippen LogP contribution >= 0.6 is 0 Å². The number of aliphatic hydroxyl groups excluding tert-OH is 1. The number of amides is 2. The summed E-state index contributed by atoms with van der Waals surface area (Å²) in [6.07, 6.45) is -0.917. The Morgan fingerprint density at radius 2 is 1.78 bits per heavy atom. The van der Waals surface area contributed by atoms with E-state index in [2.05, 4.69) is 10.6 Å². The Morgan fingerprint density at radius 1 is 1.13 bits per heavy atom. The largest absolute Gasteiger partial charge is 0.386 e.